The maximum Gasteiger partial charge on any atom is 0.191 e. The third-order valence-electron chi connectivity index (χ3n) is 3.80. The average Bonchev–Trinajstić information content (AvgIpc) is 3.07. The van der Waals surface area contributed by atoms with E-state index in [0.717, 1.165) is 22.8 Å². The average molecular weight is 361 g/mol. The van der Waals surface area contributed by atoms with Crippen molar-refractivity contribution in [2.45, 2.75) is 45.8 Å². The van der Waals surface area contributed by atoms with Crippen molar-refractivity contribution in [3.8, 4) is 0 Å². The van der Waals surface area contributed by atoms with Gasteiger partial charge in [0.05, 0.1) is 23.8 Å². The molecule has 3 N–H and O–H groups in total. The Balaban J connectivity index is 1.99. The van der Waals surface area contributed by atoms with E-state index in [1.165, 1.54) is 0 Å². The number of nitrogens with zero attached hydrogens (tertiary/aromatic N) is 2. The van der Waals surface area contributed by atoms with Gasteiger partial charge in [0.1, 0.15) is 5.60 Å². The van der Waals surface area contributed by atoms with Crippen LogP contribution < -0.4 is 10.6 Å². The minimum absolute atomic E-state index is 0.372. The smallest absolute Gasteiger partial charge is 0.191 e. The minimum atomic E-state index is -0.969. The number of hydrogen-bond acceptors (Lipinski definition) is 4. The summed E-state index contributed by atoms with van der Waals surface area (Å²) in [7, 11) is 0. The van der Waals surface area contributed by atoms with Gasteiger partial charge >= 0.3 is 0 Å². The van der Waals surface area contributed by atoms with Crippen LogP contribution >= 0.6 is 11.3 Å². The summed E-state index contributed by atoms with van der Waals surface area (Å²) in [6.45, 7) is 9.75. The second kappa shape index (κ2) is 8.97. The Morgan fingerprint density at radius 3 is 2.60 bits per heavy atom. The quantitative estimate of drug-likeness (QED) is 0.524. The van der Waals surface area contributed by atoms with Crippen LogP contribution in [0.15, 0.2) is 40.7 Å². The number of aliphatic hydroxyl groups is 1. The van der Waals surface area contributed by atoms with Gasteiger partial charge in [0.15, 0.2) is 5.96 Å². The molecule has 5 nitrogen and oxygen atoms in total. The summed E-state index contributed by atoms with van der Waals surface area (Å²) in [5, 5.41) is 20.3. The summed E-state index contributed by atoms with van der Waals surface area (Å²) in [6, 6.07) is 9.65. The van der Waals surface area contributed by atoms with Crippen molar-refractivity contribution < 1.29 is 5.11 Å². The van der Waals surface area contributed by atoms with E-state index in [0.29, 0.717) is 25.0 Å². The summed E-state index contributed by atoms with van der Waals surface area (Å²) in [6.07, 6.45) is 0. The molecule has 1 unspecified atom stereocenters. The highest BCUT2D eigenvalue weighted by molar-refractivity contribution is 7.09. The summed E-state index contributed by atoms with van der Waals surface area (Å²) in [5.41, 5.74) is 0.878. The predicted molar refractivity (Wildman–Crippen MR) is 105 cm³/mol. The van der Waals surface area contributed by atoms with Gasteiger partial charge in [0.25, 0.3) is 0 Å². The molecule has 0 saturated heterocycles. The van der Waals surface area contributed by atoms with E-state index in [-0.39, 0.29) is 0 Å². The first-order valence-electron chi connectivity index (χ1n) is 8.66. The second-order valence-electron chi connectivity index (χ2n) is 6.52. The fourth-order valence-corrected chi connectivity index (χ4v) is 3.14. The summed E-state index contributed by atoms with van der Waals surface area (Å²) >= 11 is 1.68. The van der Waals surface area contributed by atoms with E-state index >= 15 is 0 Å². The number of thiazole rings is 1. The molecule has 0 radical (unpaired) electrons. The van der Waals surface area contributed by atoms with Crippen LogP contribution in [0.4, 0.5) is 0 Å². The number of hydrogen-bond donors (Lipinski definition) is 3. The Labute approximate surface area is 154 Å². The van der Waals surface area contributed by atoms with E-state index in [9.17, 15) is 5.11 Å². The topological polar surface area (TPSA) is 69.5 Å². The van der Waals surface area contributed by atoms with Gasteiger partial charge in [0, 0.05) is 17.8 Å². The van der Waals surface area contributed by atoms with Crippen LogP contribution in [0.5, 0.6) is 0 Å². The first-order chi connectivity index (χ1) is 11.9. The van der Waals surface area contributed by atoms with Crippen LogP contribution in [0.3, 0.4) is 0 Å². The highest BCUT2D eigenvalue weighted by Gasteiger charge is 2.22. The van der Waals surface area contributed by atoms with Gasteiger partial charge in [0.2, 0.25) is 0 Å². The first-order valence-corrected chi connectivity index (χ1v) is 9.54. The predicted octanol–water partition coefficient (Wildman–Crippen LogP) is 3.23. The number of rotatable bonds is 7. The van der Waals surface area contributed by atoms with Crippen LogP contribution in [0, 0.1) is 0 Å². The lowest BCUT2D eigenvalue weighted by molar-refractivity contribution is 0.0617. The zero-order valence-electron chi connectivity index (χ0n) is 15.4. The standard InChI is InChI=1S/C19H28N4OS/c1-5-20-18(21-11-16-12-25-17(23-16)14(2)3)22-13-19(4,24)15-9-7-6-8-10-15/h6-10,12,14,24H,5,11,13H2,1-4H3,(H2,20,21,22). The summed E-state index contributed by atoms with van der Waals surface area (Å²) in [4.78, 5) is 9.19. The fourth-order valence-electron chi connectivity index (χ4n) is 2.32. The number of nitrogens with one attached hydrogen (secondary N) is 2. The van der Waals surface area contributed by atoms with E-state index in [1.54, 1.807) is 18.3 Å². The lowest BCUT2D eigenvalue weighted by atomic mass is 9.96. The van der Waals surface area contributed by atoms with Gasteiger partial charge in [-0.2, -0.15) is 0 Å². The largest absolute Gasteiger partial charge is 0.384 e. The van der Waals surface area contributed by atoms with E-state index < -0.39 is 5.60 Å². The Hall–Kier alpha value is -1.92. The van der Waals surface area contributed by atoms with Gasteiger partial charge < -0.3 is 15.7 Å². The van der Waals surface area contributed by atoms with Crippen LogP contribution in [-0.4, -0.2) is 29.1 Å². The SMILES string of the molecule is CCNC(=NCc1csc(C(C)C)n1)NCC(C)(O)c1ccccc1. The van der Waals surface area contributed by atoms with E-state index in [1.807, 2.05) is 37.3 Å². The normalized spacial score (nSPS) is 14.4. The Morgan fingerprint density at radius 1 is 1.28 bits per heavy atom. The third kappa shape index (κ3) is 5.83. The van der Waals surface area contributed by atoms with Crippen molar-refractivity contribution in [3.63, 3.8) is 0 Å². The molecule has 0 aliphatic rings. The number of aromatic nitrogens is 1. The molecule has 0 fully saturated rings. The molecule has 1 atom stereocenters. The molecule has 1 aromatic carbocycles. The van der Waals surface area contributed by atoms with Crippen LogP contribution in [0.25, 0.3) is 0 Å². The van der Waals surface area contributed by atoms with Crippen LogP contribution in [-0.2, 0) is 12.1 Å². The highest BCUT2D eigenvalue weighted by Crippen LogP contribution is 2.20. The molecule has 2 rings (SSSR count). The first kappa shape index (κ1) is 19.4. The molecule has 25 heavy (non-hydrogen) atoms. The Kier molecular flexibility index (Phi) is 6.96. The van der Waals surface area contributed by atoms with Crippen molar-refractivity contribution in [3.05, 3.63) is 52.0 Å². The van der Waals surface area contributed by atoms with Gasteiger partial charge in [-0.3, -0.25) is 0 Å². The second-order valence-corrected chi connectivity index (χ2v) is 7.41. The maximum absolute atomic E-state index is 10.7. The molecule has 2 aromatic rings. The fraction of sp³-hybridized carbons (Fsp3) is 0.474. The Morgan fingerprint density at radius 2 is 2.00 bits per heavy atom. The van der Waals surface area contributed by atoms with E-state index in [2.05, 4.69) is 39.8 Å². The number of aliphatic imine (C=N–C) groups is 1. The van der Waals surface area contributed by atoms with Crippen molar-refractivity contribution in [2.75, 3.05) is 13.1 Å². The molecule has 0 spiro atoms. The molecule has 1 heterocycles. The van der Waals surface area contributed by atoms with Gasteiger partial charge in [-0.15, -0.1) is 11.3 Å². The molecule has 6 heteroatoms. The molecular weight excluding hydrogens is 332 g/mol. The van der Waals surface area contributed by atoms with Gasteiger partial charge in [-0.05, 0) is 19.4 Å². The number of benzene rings is 1. The molecule has 0 bridgehead atoms. The zero-order valence-corrected chi connectivity index (χ0v) is 16.2. The van der Waals surface area contributed by atoms with E-state index in [4.69, 9.17) is 0 Å². The van der Waals surface area contributed by atoms with Crippen molar-refractivity contribution in [2.24, 2.45) is 4.99 Å². The summed E-state index contributed by atoms with van der Waals surface area (Å²) in [5.74, 6) is 1.12. The van der Waals surface area contributed by atoms with Crippen molar-refractivity contribution >= 4 is 17.3 Å². The lowest BCUT2D eigenvalue weighted by Gasteiger charge is -2.25. The van der Waals surface area contributed by atoms with Gasteiger partial charge in [-0.1, -0.05) is 44.2 Å². The summed E-state index contributed by atoms with van der Waals surface area (Å²) < 4.78 is 0. The number of guanidine groups is 1. The van der Waals surface area contributed by atoms with Crippen LogP contribution in [0.2, 0.25) is 0 Å². The lowest BCUT2D eigenvalue weighted by Crippen LogP contribution is -2.44. The van der Waals surface area contributed by atoms with Crippen LogP contribution in [0.1, 0.15) is 49.9 Å². The molecule has 0 aliphatic carbocycles. The monoisotopic (exact) mass is 360 g/mol. The molecular formula is C19H28N4OS. The molecule has 136 valence electrons. The van der Waals surface area contributed by atoms with Crippen molar-refractivity contribution in [1.29, 1.82) is 0 Å². The molecule has 1 aromatic heterocycles. The third-order valence-corrected chi connectivity index (χ3v) is 5.00. The molecule has 0 amide bonds. The van der Waals surface area contributed by atoms with Gasteiger partial charge in [-0.25, -0.2) is 9.98 Å². The highest BCUT2D eigenvalue weighted by atomic mass is 32.1. The van der Waals surface area contributed by atoms with Crippen molar-refractivity contribution in [1.82, 2.24) is 15.6 Å². The minimum Gasteiger partial charge on any atom is -0.384 e. The zero-order chi connectivity index (χ0) is 18.3. The molecule has 0 aliphatic heterocycles. The maximum atomic E-state index is 10.7. The Bertz CT molecular complexity index is 680. The molecule has 0 saturated carbocycles.